The summed E-state index contributed by atoms with van der Waals surface area (Å²) in [6.07, 6.45) is 7.99. The number of carbonyl (C=O) groups excluding carboxylic acids is 1. The molecule has 4 rings (SSSR count). The maximum Gasteiger partial charge on any atom is 0.238 e. The molecule has 0 radical (unpaired) electrons. The molecule has 38 heavy (non-hydrogen) atoms. The molecule has 1 unspecified atom stereocenters. The van der Waals surface area contributed by atoms with Crippen molar-refractivity contribution in [3.05, 3.63) is 132 Å². The maximum absolute atomic E-state index is 13.8. The number of benzene rings is 2. The first-order chi connectivity index (χ1) is 18.3. The van der Waals surface area contributed by atoms with Gasteiger partial charge >= 0.3 is 0 Å². The number of aromatic nitrogens is 2. The predicted octanol–water partition coefficient (Wildman–Crippen LogP) is 3.12. The highest BCUT2D eigenvalue weighted by molar-refractivity contribution is 7.88. The molecule has 9 heteroatoms. The van der Waals surface area contributed by atoms with E-state index < -0.39 is 33.6 Å². The smallest absolute Gasteiger partial charge is 0.238 e. The molecule has 0 aliphatic carbocycles. The van der Waals surface area contributed by atoms with Crippen LogP contribution in [0.1, 0.15) is 34.7 Å². The fourth-order valence-electron chi connectivity index (χ4n) is 4.45. The van der Waals surface area contributed by atoms with E-state index in [9.17, 15) is 18.3 Å². The van der Waals surface area contributed by atoms with Gasteiger partial charge in [-0.1, -0.05) is 72.8 Å². The molecule has 2 heterocycles. The van der Waals surface area contributed by atoms with Crippen molar-refractivity contribution in [2.45, 2.75) is 30.5 Å². The van der Waals surface area contributed by atoms with Gasteiger partial charge < -0.3 is 10.4 Å². The van der Waals surface area contributed by atoms with Crippen molar-refractivity contribution in [2.24, 2.45) is 0 Å². The summed E-state index contributed by atoms with van der Waals surface area (Å²) in [5, 5.41) is 15.4. The molecule has 0 aliphatic heterocycles. The monoisotopic (exact) mass is 530 g/mol. The molecular weight excluding hydrogens is 500 g/mol. The highest BCUT2D eigenvalue weighted by atomic mass is 32.2. The Morgan fingerprint density at radius 2 is 1.42 bits per heavy atom. The molecule has 4 aromatic rings. The van der Waals surface area contributed by atoms with Gasteiger partial charge in [0, 0.05) is 35.9 Å². The molecule has 0 fully saturated rings. The number of aliphatic hydroxyl groups is 1. The van der Waals surface area contributed by atoms with Crippen LogP contribution in [0.3, 0.4) is 0 Å². The zero-order chi connectivity index (χ0) is 27.0. The van der Waals surface area contributed by atoms with Crippen LogP contribution >= 0.6 is 0 Å². The fraction of sp³-hybridized carbons (Fsp3) is 0.207. The van der Waals surface area contributed by atoms with E-state index in [1.54, 1.807) is 48.8 Å². The molecule has 0 saturated carbocycles. The second-order valence-corrected chi connectivity index (χ2v) is 10.8. The fourth-order valence-corrected chi connectivity index (χ4v) is 5.19. The first kappa shape index (κ1) is 27.1. The SMILES string of the molecule is CS(=O)(=O)NC(CCc1ccccc1)C(=O)N[C@H](c1ccccc1)C(O)(c1cccnc1)c1cccnc1. The van der Waals surface area contributed by atoms with Crippen LogP contribution in [0.2, 0.25) is 0 Å². The van der Waals surface area contributed by atoms with Gasteiger partial charge in [-0.15, -0.1) is 0 Å². The van der Waals surface area contributed by atoms with Gasteiger partial charge in [-0.2, -0.15) is 0 Å². The van der Waals surface area contributed by atoms with E-state index in [0.717, 1.165) is 11.8 Å². The van der Waals surface area contributed by atoms with Crippen LogP contribution in [0.25, 0.3) is 0 Å². The van der Waals surface area contributed by atoms with Gasteiger partial charge in [0.15, 0.2) is 0 Å². The van der Waals surface area contributed by atoms with Gasteiger partial charge in [-0.25, -0.2) is 13.1 Å². The Morgan fingerprint density at radius 3 is 1.92 bits per heavy atom. The average Bonchev–Trinajstić information content (AvgIpc) is 2.95. The van der Waals surface area contributed by atoms with Crippen LogP contribution in [-0.4, -0.2) is 41.7 Å². The lowest BCUT2D eigenvalue weighted by molar-refractivity contribution is -0.125. The van der Waals surface area contributed by atoms with E-state index in [4.69, 9.17) is 0 Å². The van der Waals surface area contributed by atoms with Crippen molar-refractivity contribution in [3.8, 4) is 0 Å². The summed E-state index contributed by atoms with van der Waals surface area (Å²) in [7, 11) is -3.71. The zero-order valence-electron chi connectivity index (χ0n) is 20.9. The van der Waals surface area contributed by atoms with Gasteiger partial charge in [0.1, 0.15) is 11.6 Å². The minimum atomic E-state index is -3.71. The van der Waals surface area contributed by atoms with E-state index in [-0.39, 0.29) is 6.42 Å². The van der Waals surface area contributed by atoms with Gasteiger partial charge in [0.25, 0.3) is 0 Å². The van der Waals surface area contributed by atoms with Crippen LogP contribution in [-0.2, 0) is 26.8 Å². The summed E-state index contributed by atoms with van der Waals surface area (Å²) < 4.78 is 26.9. The quantitative estimate of drug-likeness (QED) is 0.274. The Bertz CT molecular complexity index is 1380. The molecular formula is C29H30N4O4S. The summed E-state index contributed by atoms with van der Waals surface area (Å²) in [4.78, 5) is 22.1. The Balaban J connectivity index is 1.75. The lowest BCUT2D eigenvalue weighted by atomic mass is 9.78. The third-order valence-corrected chi connectivity index (χ3v) is 6.99. The van der Waals surface area contributed by atoms with Crippen molar-refractivity contribution in [1.29, 1.82) is 0 Å². The molecule has 3 N–H and O–H groups in total. The van der Waals surface area contributed by atoms with Gasteiger partial charge in [0.2, 0.25) is 15.9 Å². The maximum atomic E-state index is 13.8. The Kier molecular flexibility index (Phi) is 8.62. The normalized spacial score (nSPS) is 13.4. The first-order valence-electron chi connectivity index (χ1n) is 12.2. The van der Waals surface area contributed by atoms with Crippen molar-refractivity contribution in [3.63, 3.8) is 0 Å². The summed E-state index contributed by atoms with van der Waals surface area (Å²) in [6, 6.07) is 23.4. The number of hydrogen-bond donors (Lipinski definition) is 3. The van der Waals surface area contributed by atoms with E-state index in [1.165, 1.54) is 12.4 Å². The second-order valence-electron chi connectivity index (χ2n) is 9.07. The molecule has 0 spiro atoms. The van der Waals surface area contributed by atoms with Crippen molar-refractivity contribution in [2.75, 3.05) is 6.26 Å². The number of carbonyl (C=O) groups is 1. The van der Waals surface area contributed by atoms with Gasteiger partial charge in [-0.3, -0.25) is 14.8 Å². The Hall–Kier alpha value is -3.92. The average molecular weight is 531 g/mol. The third kappa shape index (κ3) is 6.69. The number of pyridine rings is 2. The Morgan fingerprint density at radius 1 is 0.868 bits per heavy atom. The van der Waals surface area contributed by atoms with Crippen LogP contribution < -0.4 is 10.0 Å². The number of hydrogen-bond acceptors (Lipinski definition) is 6. The molecule has 2 aromatic heterocycles. The molecule has 2 aromatic carbocycles. The van der Waals surface area contributed by atoms with E-state index in [2.05, 4.69) is 20.0 Å². The zero-order valence-corrected chi connectivity index (χ0v) is 21.8. The second kappa shape index (κ2) is 12.1. The predicted molar refractivity (Wildman–Crippen MR) is 145 cm³/mol. The highest BCUT2D eigenvalue weighted by Gasteiger charge is 2.43. The number of nitrogens with zero attached hydrogens (tertiary/aromatic N) is 2. The van der Waals surface area contributed by atoms with Crippen LogP contribution in [0.5, 0.6) is 0 Å². The third-order valence-electron chi connectivity index (χ3n) is 6.28. The molecule has 1 amide bonds. The topological polar surface area (TPSA) is 121 Å². The summed E-state index contributed by atoms with van der Waals surface area (Å²) in [5.74, 6) is -0.564. The Labute approximate surface area is 222 Å². The van der Waals surface area contributed by atoms with Gasteiger partial charge in [-0.05, 0) is 36.1 Å². The van der Waals surface area contributed by atoms with Crippen molar-refractivity contribution >= 4 is 15.9 Å². The number of sulfonamides is 1. The van der Waals surface area contributed by atoms with Crippen molar-refractivity contribution < 1.29 is 18.3 Å². The molecule has 8 nitrogen and oxygen atoms in total. The minimum absolute atomic E-state index is 0.225. The van der Waals surface area contributed by atoms with Crippen LogP contribution in [0.15, 0.2) is 110 Å². The summed E-state index contributed by atoms with van der Waals surface area (Å²) >= 11 is 0. The minimum Gasteiger partial charge on any atom is -0.378 e. The summed E-state index contributed by atoms with van der Waals surface area (Å²) in [5.41, 5.74) is 0.715. The number of nitrogens with one attached hydrogen (secondary N) is 2. The van der Waals surface area contributed by atoms with Crippen molar-refractivity contribution in [1.82, 2.24) is 20.0 Å². The summed E-state index contributed by atoms with van der Waals surface area (Å²) in [6.45, 7) is 0. The lowest BCUT2D eigenvalue weighted by Gasteiger charge is -2.38. The number of aryl methyl sites for hydroxylation is 1. The molecule has 196 valence electrons. The first-order valence-corrected chi connectivity index (χ1v) is 14.1. The molecule has 0 bridgehead atoms. The lowest BCUT2D eigenvalue weighted by Crippen LogP contribution is -2.52. The molecule has 0 saturated heterocycles. The molecule has 0 aliphatic rings. The van der Waals surface area contributed by atoms with E-state index in [0.29, 0.717) is 23.1 Å². The van der Waals surface area contributed by atoms with Crippen LogP contribution in [0, 0.1) is 0 Å². The molecule has 2 atom stereocenters. The van der Waals surface area contributed by atoms with Crippen LogP contribution in [0.4, 0.5) is 0 Å². The highest BCUT2D eigenvalue weighted by Crippen LogP contribution is 2.40. The largest absolute Gasteiger partial charge is 0.378 e. The van der Waals surface area contributed by atoms with E-state index in [1.807, 2.05) is 48.5 Å². The number of amides is 1. The van der Waals surface area contributed by atoms with Gasteiger partial charge in [0.05, 0.1) is 12.3 Å². The van der Waals surface area contributed by atoms with E-state index >= 15 is 0 Å². The number of rotatable bonds is 11. The standard InChI is InChI=1S/C29H30N4O4S/c1-38(36,37)33-26(17-16-22-10-4-2-5-11-22)28(34)32-27(23-12-6-3-7-13-23)29(35,24-14-8-18-30-20-24)25-15-9-19-31-21-25/h2-15,18-21,26-27,33,35H,16-17H2,1H3,(H,32,34)/t26?,27-/m1/s1.